The first kappa shape index (κ1) is 13.3. The fourth-order valence-corrected chi connectivity index (χ4v) is 2.27. The lowest BCUT2D eigenvalue weighted by Gasteiger charge is -2.08. The minimum absolute atomic E-state index is 0.314. The van der Waals surface area contributed by atoms with Crippen LogP contribution >= 0.6 is 31.9 Å². The van der Waals surface area contributed by atoms with Gasteiger partial charge in [-0.3, -0.25) is 4.79 Å². The quantitative estimate of drug-likeness (QED) is 0.810. The van der Waals surface area contributed by atoms with Gasteiger partial charge in [-0.25, -0.2) is 4.39 Å². The van der Waals surface area contributed by atoms with Crippen LogP contribution in [0.4, 0.5) is 10.1 Å². The number of carbonyl (C=O) groups excluding carboxylic acids is 1. The van der Waals surface area contributed by atoms with E-state index >= 15 is 0 Å². The van der Waals surface area contributed by atoms with Crippen LogP contribution in [0.3, 0.4) is 0 Å². The van der Waals surface area contributed by atoms with Crippen molar-refractivity contribution in [2.45, 2.75) is 6.92 Å². The van der Waals surface area contributed by atoms with Crippen molar-refractivity contribution < 1.29 is 9.18 Å². The minimum Gasteiger partial charge on any atom is -0.356 e. The van der Waals surface area contributed by atoms with Crippen molar-refractivity contribution in [1.29, 1.82) is 0 Å². The predicted molar refractivity (Wildman–Crippen MR) is 75.3 cm³/mol. The first-order valence-corrected chi connectivity index (χ1v) is 6.67. The van der Waals surface area contributed by atoms with Crippen molar-refractivity contribution in [3.63, 3.8) is 0 Å². The van der Waals surface area contributed by atoms with Gasteiger partial charge >= 0.3 is 0 Å². The molecule has 1 amide bonds. The predicted octanol–water partition coefficient (Wildman–Crippen LogP) is 4.24. The molecule has 0 fully saturated rings. The molecule has 0 atom stereocenters. The van der Waals surface area contributed by atoms with Crippen LogP contribution in [0.5, 0.6) is 0 Å². The van der Waals surface area contributed by atoms with Gasteiger partial charge in [-0.2, -0.15) is 0 Å². The Kier molecular flexibility index (Phi) is 3.87. The van der Waals surface area contributed by atoms with E-state index < -0.39 is 5.82 Å². The van der Waals surface area contributed by atoms with Crippen LogP contribution < -0.4 is 5.32 Å². The Labute approximate surface area is 120 Å². The number of H-pyrrole nitrogens is 1. The summed E-state index contributed by atoms with van der Waals surface area (Å²) in [4.78, 5) is 14.7. The van der Waals surface area contributed by atoms with Gasteiger partial charge in [-0.1, -0.05) is 0 Å². The average molecular weight is 376 g/mol. The highest BCUT2D eigenvalue weighted by Gasteiger charge is 2.11. The maximum Gasteiger partial charge on any atom is 0.272 e. The van der Waals surface area contributed by atoms with Crippen LogP contribution in [0.15, 0.2) is 33.3 Å². The van der Waals surface area contributed by atoms with Crippen molar-refractivity contribution in [2.24, 2.45) is 0 Å². The highest BCUT2D eigenvalue weighted by Crippen LogP contribution is 2.24. The number of anilines is 1. The molecule has 6 heteroatoms. The first-order chi connectivity index (χ1) is 8.47. The van der Waals surface area contributed by atoms with E-state index in [1.54, 1.807) is 25.3 Å². The van der Waals surface area contributed by atoms with Crippen molar-refractivity contribution >= 4 is 43.5 Å². The normalized spacial score (nSPS) is 10.4. The molecule has 0 radical (unpaired) electrons. The van der Waals surface area contributed by atoms with Gasteiger partial charge < -0.3 is 10.3 Å². The Morgan fingerprint density at radius 1 is 1.33 bits per heavy atom. The van der Waals surface area contributed by atoms with Gasteiger partial charge in [-0.05, 0) is 62.5 Å². The monoisotopic (exact) mass is 374 g/mol. The van der Waals surface area contributed by atoms with E-state index in [9.17, 15) is 9.18 Å². The largest absolute Gasteiger partial charge is 0.356 e. The molecule has 18 heavy (non-hydrogen) atoms. The lowest BCUT2D eigenvalue weighted by Crippen LogP contribution is -2.13. The summed E-state index contributed by atoms with van der Waals surface area (Å²) in [7, 11) is 0. The summed E-state index contributed by atoms with van der Waals surface area (Å²) in [5.41, 5.74) is 1.64. The van der Waals surface area contributed by atoms with Crippen LogP contribution in [0.1, 0.15) is 16.1 Å². The summed E-state index contributed by atoms with van der Waals surface area (Å²) in [6, 6.07) is 4.56. The summed E-state index contributed by atoms with van der Waals surface area (Å²) >= 11 is 6.34. The van der Waals surface area contributed by atoms with Crippen LogP contribution in [-0.2, 0) is 0 Å². The number of rotatable bonds is 2. The summed E-state index contributed by atoms with van der Waals surface area (Å²) in [5, 5.41) is 2.66. The van der Waals surface area contributed by atoms with E-state index in [-0.39, 0.29) is 5.91 Å². The van der Waals surface area contributed by atoms with Gasteiger partial charge in [0.05, 0.1) is 4.47 Å². The summed E-state index contributed by atoms with van der Waals surface area (Å²) < 4.78 is 14.6. The molecule has 0 spiro atoms. The van der Waals surface area contributed by atoms with Crippen molar-refractivity contribution in [1.82, 2.24) is 4.98 Å². The molecule has 1 aromatic carbocycles. The van der Waals surface area contributed by atoms with Gasteiger partial charge in [0.1, 0.15) is 11.5 Å². The van der Waals surface area contributed by atoms with E-state index in [4.69, 9.17) is 0 Å². The third-order valence-corrected chi connectivity index (χ3v) is 3.47. The Hall–Kier alpha value is -1.14. The Morgan fingerprint density at radius 2 is 2.06 bits per heavy atom. The second kappa shape index (κ2) is 5.24. The molecule has 0 bridgehead atoms. The number of carbonyl (C=O) groups is 1. The summed E-state index contributed by atoms with van der Waals surface area (Å²) in [6.07, 6.45) is 1.66. The Morgan fingerprint density at radius 3 is 2.67 bits per heavy atom. The number of nitrogens with one attached hydrogen (secondary N) is 2. The van der Waals surface area contributed by atoms with Gasteiger partial charge in [-0.15, -0.1) is 0 Å². The van der Waals surface area contributed by atoms with E-state index in [0.717, 1.165) is 10.0 Å². The standard InChI is InChI=1S/C12H9Br2FN2O/c1-6-2-8(14)9(15)4-10(6)17-12(18)11-3-7(13)5-16-11/h2-5,16H,1H3,(H,17,18). The SMILES string of the molecule is Cc1cc(Br)c(F)cc1NC(=O)c1cc(Br)c[nH]1. The average Bonchev–Trinajstić information content (AvgIpc) is 2.73. The van der Waals surface area contributed by atoms with Crippen molar-refractivity contribution in [3.8, 4) is 0 Å². The molecule has 2 N–H and O–H groups in total. The maximum absolute atomic E-state index is 13.4. The first-order valence-electron chi connectivity index (χ1n) is 5.08. The second-order valence-corrected chi connectivity index (χ2v) is 5.54. The highest BCUT2D eigenvalue weighted by atomic mass is 79.9. The molecule has 0 saturated heterocycles. The van der Waals surface area contributed by atoms with E-state index in [2.05, 4.69) is 42.2 Å². The van der Waals surface area contributed by atoms with Gasteiger partial charge in [0.2, 0.25) is 0 Å². The molecule has 1 aromatic heterocycles. The number of hydrogen-bond acceptors (Lipinski definition) is 1. The van der Waals surface area contributed by atoms with Gasteiger partial charge in [0.25, 0.3) is 5.91 Å². The molecule has 2 rings (SSSR count). The number of halogens is 3. The fraction of sp³-hybridized carbons (Fsp3) is 0.0833. The van der Waals surface area contributed by atoms with Crippen molar-refractivity contribution in [3.05, 3.63) is 50.4 Å². The highest BCUT2D eigenvalue weighted by molar-refractivity contribution is 9.10. The molecule has 0 unspecified atom stereocenters. The van der Waals surface area contributed by atoms with Crippen molar-refractivity contribution in [2.75, 3.05) is 5.32 Å². The Bertz CT molecular complexity index is 610. The number of benzene rings is 1. The van der Waals surface area contributed by atoms with Gasteiger partial charge in [0, 0.05) is 16.4 Å². The molecule has 94 valence electrons. The van der Waals surface area contributed by atoms with E-state index in [1.165, 1.54) is 6.07 Å². The number of aromatic amines is 1. The minimum atomic E-state index is -0.413. The van der Waals surface area contributed by atoms with Crippen LogP contribution in [0, 0.1) is 12.7 Å². The molecule has 0 aliphatic heterocycles. The number of aromatic nitrogens is 1. The van der Waals surface area contributed by atoms with Crippen LogP contribution in [0.25, 0.3) is 0 Å². The summed E-state index contributed by atoms with van der Waals surface area (Å²) in [6.45, 7) is 1.80. The third kappa shape index (κ3) is 2.81. The molecule has 0 saturated carbocycles. The summed E-state index contributed by atoms with van der Waals surface area (Å²) in [5.74, 6) is -0.728. The smallest absolute Gasteiger partial charge is 0.272 e. The lowest BCUT2D eigenvalue weighted by atomic mass is 10.2. The molecule has 2 aromatic rings. The van der Waals surface area contributed by atoms with Crippen LogP contribution in [-0.4, -0.2) is 10.9 Å². The molecular weight excluding hydrogens is 367 g/mol. The zero-order valence-corrected chi connectivity index (χ0v) is 12.5. The third-order valence-electron chi connectivity index (χ3n) is 2.41. The molecular formula is C12H9Br2FN2O. The molecule has 3 nitrogen and oxygen atoms in total. The topological polar surface area (TPSA) is 44.9 Å². The number of amides is 1. The second-order valence-electron chi connectivity index (χ2n) is 3.77. The van der Waals surface area contributed by atoms with E-state index in [1.807, 2.05) is 0 Å². The lowest BCUT2D eigenvalue weighted by molar-refractivity contribution is 0.102. The molecule has 0 aliphatic rings. The Balaban J connectivity index is 2.24. The molecule has 1 heterocycles. The van der Waals surface area contributed by atoms with E-state index in [0.29, 0.717) is 15.9 Å². The number of hydrogen-bond donors (Lipinski definition) is 2. The zero-order valence-electron chi connectivity index (χ0n) is 9.35. The van der Waals surface area contributed by atoms with Gasteiger partial charge in [0.15, 0.2) is 0 Å². The maximum atomic E-state index is 13.4. The fourth-order valence-electron chi connectivity index (χ4n) is 1.47. The zero-order chi connectivity index (χ0) is 13.3. The molecule has 0 aliphatic carbocycles. The van der Waals surface area contributed by atoms with Crippen LogP contribution in [0.2, 0.25) is 0 Å². The number of aryl methyl sites for hydroxylation is 1.